The van der Waals surface area contributed by atoms with Crippen molar-refractivity contribution in [3.63, 3.8) is 0 Å². The van der Waals surface area contributed by atoms with Gasteiger partial charge in [-0.05, 0) is 30.2 Å². The van der Waals surface area contributed by atoms with Crippen molar-refractivity contribution < 1.29 is 13.9 Å². The summed E-state index contributed by atoms with van der Waals surface area (Å²) < 4.78 is 18.4. The number of rotatable bonds is 5. The van der Waals surface area contributed by atoms with Crippen molar-refractivity contribution in [1.29, 1.82) is 0 Å². The van der Waals surface area contributed by atoms with Crippen LogP contribution in [0.5, 0.6) is 0 Å². The van der Waals surface area contributed by atoms with Gasteiger partial charge >= 0.3 is 5.97 Å². The van der Waals surface area contributed by atoms with Crippen molar-refractivity contribution in [3.8, 4) is 0 Å². The number of hydrogen-bond donors (Lipinski definition) is 0. The van der Waals surface area contributed by atoms with Crippen LogP contribution in [-0.2, 0) is 22.6 Å². The second kappa shape index (κ2) is 6.64. The summed E-state index contributed by atoms with van der Waals surface area (Å²) in [6.07, 6.45) is 2.14. The molecule has 1 aromatic carbocycles. The third kappa shape index (κ3) is 4.17. The van der Waals surface area contributed by atoms with Crippen molar-refractivity contribution in [3.05, 3.63) is 65.7 Å². The van der Waals surface area contributed by atoms with Gasteiger partial charge in [-0.15, -0.1) is 0 Å². The summed E-state index contributed by atoms with van der Waals surface area (Å²) in [5.41, 5.74) is 1.22. The molecule has 0 N–H and O–H groups in total. The zero-order valence-electron chi connectivity index (χ0n) is 10.4. The van der Waals surface area contributed by atoms with Gasteiger partial charge in [-0.25, -0.2) is 4.39 Å². The summed E-state index contributed by atoms with van der Waals surface area (Å²) in [7, 11) is 0. The van der Waals surface area contributed by atoms with Crippen molar-refractivity contribution in [2.45, 2.75) is 19.4 Å². The Morgan fingerprint density at radius 2 is 1.95 bits per heavy atom. The molecule has 0 unspecified atom stereocenters. The number of aromatic nitrogens is 1. The normalized spacial score (nSPS) is 10.2. The highest BCUT2D eigenvalue weighted by Crippen LogP contribution is 2.09. The number of carbonyl (C=O) groups is 1. The van der Waals surface area contributed by atoms with Crippen LogP contribution in [0.15, 0.2) is 48.7 Å². The molecule has 3 nitrogen and oxygen atoms in total. The molecule has 0 saturated heterocycles. The maximum atomic E-state index is 13.3. The minimum Gasteiger partial charge on any atom is -0.459 e. The van der Waals surface area contributed by atoms with Gasteiger partial charge in [0.05, 0.1) is 5.69 Å². The van der Waals surface area contributed by atoms with E-state index in [1.165, 1.54) is 6.07 Å². The minimum absolute atomic E-state index is 0.150. The van der Waals surface area contributed by atoms with E-state index in [9.17, 15) is 9.18 Å². The average molecular weight is 259 g/mol. The van der Waals surface area contributed by atoms with Crippen molar-refractivity contribution in [2.24, 2.45) is 0 Å². The molecule has 2 rings (SSSR count). The molecule has 1 heterocycles. The number of carbonyl (C=O) groups excluding carboxylic acids is 1. The van der Waals surface area contributed by atoms with Gasteiger partial charge in [-0.1, -0.05) is 24.3 Å². The monoisotopic (exact) mass is 259 g/mol. The van der Waals surface area contributed by atoms with Crippen molar-refractivity contribution >= 4 is 5.97 Å². The Morgan fingerprint density at radius 3 is 2.68 bits per heavy atom. The molecule has 0 amide bonds. The van der Waals surface area contributed by atoms with Crippen LogP contribution in [-0.4, -0.2) is 11.0 Å². The molecule has 0 spiro atoms. The van der Waals surface area contributed by atoms with E-state index in [0.29, 0.717) is 17.7 Å². The van der Waals surface area contributed by atoms with E-state index in [0.717, 1.165) is 0 Å². The maximum absolute atomic E-state index is 13.3. The summed E-state index contributed by atoms with van der Waals surface area (Å²) in [5.74, 6) is -0.645. The Kier molecular flexibility index (Phi) is 4.61. The molecule has 98 valence electrons. The first kappa shape index (κ1) is 13.2. The lowest BCUT2D eigenvalue weighted by Crippen LogP contribution is -2.07. The van der Waals surface area contributed by atoms with Crippen LogP contribution in [0, 0.1) is 5.82 Å². The standard InChI is InChI=1S/C15H14FNO2/c16-14-7-2-1-5-12(14)8-9-15(18)19-11-13-6-3-4-10-17-13/h1-7,10H,8-9,11H2. The molecule has 2 aromatic rings. The van der Waals surface area contributed by atoms with Gasteiger partial charge in [0.2, 0.25) is 0 Å². The minimum atomic E-state index is -0.353. The van der Waals surface area contributed by atoms with Gasteiger partial charge in [-0.3, -0.25) is 9.78 Å². The molecule has 4 heteroatoms. The van der Waals surface area contributed by atoms with Crippen LogP contribution in [0.2, 0.25) is 0 Å². The molecular formula is C15H14FNO2. The quantitative estimate of drug-likeness (QED) is 0.775. The molecular weight excluding hydrogens is 245 g/mol. The van der Waals surface area contributed by atoms with Gasteiger partial charge in [-0.2, -0.15) is 0 Å². The van der Waals surface area contributed by atoms with Crippen molar-refractivity contribution in [2.75, 3.05) is 0 Å². The first-order valence-corrected chi connectivity index (χ1v) is 6.04. The summed E-state index contributed by atoms with van der Waals surface area (Å²) in [4.78, 5) is 15.6. The molecule has 0 aliphatic heterocycles. The summed E-state index contributed by atoms with van der Waals surface area (Å²) in [6, 6.07) is 11.8. The zero-order valence-corrected chi connectivity index (χ0v) is 10.4. The number of esters is 1. The largest absolute Gasteiger partial charge is 0.459 e. The Labute approximate surface area is 111 Å². The summed E-state index contributed by atoms with van der Waals surface area (Å²) in [5, 5.41) is 0. The van der Waals surface area contributed by atoms with Crippen LogP contribution < -0.4 is 0 Å². The Bertz CT molecular complexity index is 543. The van der Waals surface area contributed by atoms with Crippen LogP contribution in [0.1, 0.15) is 17.7 Å². The molecule has 0 fully saturated rings. The highest BCUT2D eigenvalue weighted by Gasteiger charge is 2.07. The van der Waals surface area contributed by atoms with E-state index in [1.54, 1.807) is 36.5 Å². The lowest BCUT2D eigenvalue weighted by Gasteiger charge is -2.05. The number of benzene rings is 1. The Morgan fingerprint density at radius 1 is 1.16 bits per heavy atom. The van der Waals surface area contributed by atoms with E-state index in [-0.39, 0.29) is 24.8 Å². The summed E-state index contributed by atoms with van der Waals surface area (Å²) >= 11 is 0. The second-order valence-corrected chi connectivity index (χ2v) is 4.07. The van der Waals surface area contributed by atoms with E-state index in [4.69, 9.17) is 4.74 Å². The zero-order chi connectivity index (χ0) is 13.5. The average Bonchev–Trinajstić information content (AvgIpc) is 2.45. The number of ether oxygens (including phenoxy) is 1. The van der Waals surface area contributed by atoms with Gasteiger partial charge < -0.3 is 4.74 Å². The smallest absolute Gasteiger partial charge is 0.306 e. The highest BCUT2D eigenvalue weighted by molar-refractivity contribution is 5.69. The van der Waals surface area contributed by atoms with E-state index >= 15 is 0 Å². The molecule has 0 atom stereocenters. The predicted octanol–water partition coefficient (Wildman–Crippen LogP) is 2.90. The SMILES string of the molecule is O=C(CCc1ccccc1F)OCc1ccccn1. The molecule has 19 heavy (non-hydrogen) atoms. The molecule has 0 saturated carbocycles. The first-order chi connectivity index (χ1) is 9.25. The Balaban J connectivity index is 1.78. The Hall–Kier alpha value is -2.23. The molecule has 0 aliphatic rings. The third-order valence-electron chi connectivity index (χ3n) is 2.66. The first-order valence-electron chi connectivity index (χ1n) is 6.04. The van der Waals surface area contributed by atoms with Crippen LogP contribution in [0.3, 0.4) is 0 Å². The van der Waals surface area contributed by atoms with Crippen LogP contribution in [0.4, 0.5) is 4.39 Å². The molecule has 1 aromatic heterocycles. The van der Waals surface area contributed by atoms with Crippen molar-refractivity contribution in [1.82, 2.24) is 4.98 Å². The fourth-order valence-electron chi connectivity index (χ4n) is 1.65. The topological polar surface area (TPSA) is 39.2 Å². The number of aryl methyl sites for hydroxylation is 1. The van der Waals surface area contributed by atoms with Gasteiger partial charge in [0.25, 0.3) is 0 Å². The second-order valence-electron chi connectivity index (χ2n) is 4.07. The van der Waals surface area contributed by atoms with Crippen LogP contribution >= 0.6 is 0 Å². The highest BCUT2D eigenvalue weighted by atomic mass is 19.1. The fraction of sp³-hybridized carbons (Fsp3) is 0.200. The van der Waals surface area contributed by atoms with E-state index in [2.05, 4.69) is 4.98 Å². The predicted molar refractivity (Wildman–Crippen MR) is 68.8 cm³/mol. The summed E-state index contributed by atoms with van der Waals surface area (Å²) in [6.45, 7) is 0.150. The lowest BCUT2D eigenvalue weighted by molar-refractivity contribution is -0.145. The van der Waals surface area contributed by atoms with Crippen LogP contribution in [0.25, 0.3) is 0 Å². The van der Waals surface area contributed by atoms with E-state index < -0.39 is 0 Å². The molecule has 0 bridgehead atoms. The third-order valence-corrected chi connectivity index (χ3v) is 2.66. The fourth-order valence-corrected chi connectivity index (χ4v) is 1.65. The maximum Gasteiger partial charge on any atom is 0.306 e. The van der Waals surface area contributed by atoms with E-state index in [1.807, 2.05) is 6.07 Å². The number of pyridine rings is 1. The lowest BCUT2D eigenvalue weighted by atomic mass is 10.1. The van der Waals surface area contributed by atoms with Gasteiger partial charge in [0.1, 0.15) is 12.4 Å². The molecule has 0 aliphatic carbocycles. The van der Waals surface area contributed by atoms with Gasteiger partial charge in [0, 0.05) is 12.6 Å². The van der Waals surface area contributed by atoms with Gasteiger partial charge in [0.15, 0.2) is 0 Å². The number of hydrogen-bond acceptors (Lipinski definition) is 3. The molecule has 0 radical (unpaired) electrons. The number of nitrogens with zero attached hydrogens (tertiary/aromatic N) is 1. The number of halogens is 1.